The van der Waals surface area contributed by atoms with Gasteiger partial charge in [0, 0.05) is 6.08 Å². The molecule has 0 spiro atoms. The van der Waals surface area contributed by atoms with Crippen LogP contribution in [-0.2, 0) is 27.7 Å². The van der Waals surface area contributed by atoms with Gasteiger partial charge in [-0.25, -0.2) is 9.36 Å². The van der Waals surface area contributed by atoms with Crippen molar-refractivity contribution < 1.29 is 27.7 Å². The highest BCUT2D eigenvalue weighted by atomic mass is 31.2. The highest BCUT2D eigenvalue weighted by Crippen LogP contribution is 2.50. The smallest absolute Gasteiger partial charge is 0.463 e. The molecule has 6 nitrogen and oxygen atoms in total. The summed E-state index contributed by atoms with van der Waals surface area (Å²) >= 11 is 0. The van der Waals surface area contributed by atoms with Gasteiger partial charge in [-0.3, -0.25) is 13.6 Å². The minimum absolute atomic E-state index is 0.214. The Hall–Kier alpha value is -0.680. The van der Waals surface area contributed by atoms with E-state index in [1.165, 1.54) is 12.2 Å². The van der Waals surface area contributed by atoms with Gasteiger partial charge in [0.15, 0.2) is 0 Å². The Balaban J connectivity index is 4.37. The van der Waals surface area contributed by atoms with Crippen molar-refractivity contribution in [3.05, 3.63) is 12.2 Å². The molecule has 1 atom stereocenters. The molecule has 0 saturated carbocycles. The second-order valence-corrected chi connectivity index (χ2v) is 4.83. The van der Waals surface area contributed by atoms with Gasteiger partial charge in [0.1, 0.15) is 0 Å². The summed E-state index contributed by atoms with van der Waals surface area (Å²) in [5.41, 5.74) is 0. The Morgan fingerprint density at radius 2 is 1.72 bits per heavy atom. The maximum Gasteiger partial charge on any atom is 0.475 e. The van der Waals surface area contributed by atoms with Gasteiger partial charge in [0.05, 0.1) is 25.9 Å². The molecule has 0 rings (SSSR count). The van der Waals surface area contributed by atoms with Crippen LogP contribution in [0.3, 0.4) is 0 Å². The van der Waals surface area contributed by atoms with E-state index >= 15 is 0 Å². The van der Waals surface area contributed by atoms with Crippen molar-refractivity contribution in [2.45, 2.75) is 33.8 Å². The summed E-state index contributed by atoms with van der Waals surface area (Å²) in [6.07, 6.45) is 2.07. The van der Waals surface area contributed by atoms with Gasteiger partial charge in [-0.05, 0) is 33.8 Å². The molecule has 0 aromatic rings. The number of carbonyl (C=O) groups is 1. The van der Waals surface area contributed by atoms with Crippen LogP contribution in [-0.4, -0.2) is 31.9 Å². The number of hydrogen-bond donors (Lipinski definition) is 0. The topological polar surface area (TPSA) is 71.1 Å². The molecule has 18 heavy (non-hydrogen) atoms. The van der Waals surface area contributed by atoms with Gasteiger partial charge < -0.3 is 4.74 Å². The SMILES string of the molecule is CCOC(=O)/C=C/C(C)OP(=O)(OCC)OCC. The van der Waals surface area contributed by atoms with E-state index in [4.69, 9.17) is 18.3 Å². The molecule has 0 heterocycles. The summed E-state index contributed by atoms with van der Waals surface area (Å²) in [6, 6.07) is 0. The molecule has 0 N–H and O–H groups in total. The van der Waals surface area contributed by atoms with Gasteiger partial charge in [-0.2, -0.15) is 0 Å². The number of ether oxygens (including phenoxy) is 1. The van der Waals surface area contributed by atoms with Gasteiger partial charge in [-0.1, -0.05) is 0 Å². The maximum absolute atomic E-state index is 12.0. The average molecular weight is 280 g/mol. The molecule has 0 aromatic carbocycles. The minimum Gasteiger partial charge on any atom is -0.463 e. The largest absolute Gasteiger partial charge is 0.475 e. The number of phosphoric acid groups is 1. The molecule has 0 radical (unpaired) electrons. The van der Waals surface area contributed by atoms with Crippen LogP contribution in [0.2, 0.25) is 0 Å². The molecular formula is C11H21O6P. The summed E-state index contributed by atoms with van der Waals surface area (Å²) in [5, 5.41) is 0. The second-order valence-electron chi connectivity index (χ2n) is 3.20. The summed E-state index contributed by atoms with van der Waals surface area (Å²) < 4.78 is 31.8. The molecule has 106 valence electrons. The van der Waals surface area contributed by atoms with Gasteiger partial charge >= 0.3 is 13.8 Å². The molecular weight excluding hydrogens is 259 g/mol. The van der Waals surface area contributed by atoms with Crippen molar-refractivity contribution in [2.75, 3.05) is 19.8 Å². The van der Waals surface area contributed by atoms with Crippen molar-refractivity contribution in [3.63, 3.8) is 0 Å². The van der Waals surface area contributed by atoms with Crippen LogP contribution in [0.25, 0.3) is 0 Å². The zero-order valence-electron chi connectivity index (χ0n) is 11.3. The van der Waals surface area contributed by atoms with Crippen LogP contribution in [0.15, 0.2) is 12.2 Å². The van der Waals surface area contributed by atoms with E-state index in [0.717, 1.165) is 0 Å². The Bertz CT molecular complexity index is 305. The second kappa shape index (κ2) is 9.28. The fourth-order valence-electron chi connectivity index (χ4n) is 1.06. The molecule has 0 aromatic heterocycles. The lowest BCUT2D eigenvalue weighted by atomic mass is 10.3. The van der Waals surface area contributed by atoms with Crippen molar-refractivity contribution in [1.82, 2.24) is 0 Å². The highest BCUT2D eigenvalue weighted by molar-refractivity contribution is 7.48. The molecule has 0 fully saturated rings. The Kier molecular flexibility index (Phi) is 8.93. The first-order chi connectivity index (χ1) is 8.47. The molecule has 1 unspecified atom stereocenters. The first-order valence-electron chi connectivity index (χ1n) is 5.89. The number of carbonyl (C=O) groups excluding carboxylic acids is 1. The standard InChI is InChI=1S/C11H21O6P/c1-5-14-11(12)9-8-10(4)17-18(13,15-6-2)16-7-3/h8-10H,5-7H2,1-4H3/b9-8+. The number of rotatable bonds is 9. The van der Waals surface area contributed by atoms with Crippen molar-refractivity contribution >= 4 is 13.8 Å². The molecule has 0 aliphatic carbocycles. The molecule has 0 amide bonds. The zero-order chi connectivity index (χ0) is 14.0. The molecule has 0 bridgehead atoms. The van der Waals surface area contributed by atoms with Crippen LogP contribution in [0.5, 0.6) is 0 Å². The lowest BCUT2D eigenvalue weighted by molar-refractivity contribution is -0.137. The Morgan fingerprint density at radius 3 is 2.17 bits per heavy atom. The van der Waals surface area contributed by atoms with Crippen LogP contribution in [0, 0.1) is 0 Å². The molecule has 7 heteroatoms. The third-order valence-corrected chi connectivity index (χ3v) is 3.40. The van der Waals surface area contributed by atoms with Crippen molar-refractivity contribution in [3.8, 4) is 0 Å². The van der Waals surface area contributed by atoms with E-state index < -0.39 is 19.9 Å². The zero-order valence-corrected chi connectivity index (χ0v) is 12.1. The van der Waals surface area contributed by atoms with E-state index in [-0.39, 0.29) is 13.2 Å². The van der Waals surface area contributed by atoms with Crippen molar-refractivity contribution in [1.29, 1.82) is 0 Å². The fraction of sp³-hybridized carbons (Fsp3) is 0.727. The minimum atomic E-state index is -3.55. The van der Waals surface area contributed by atoms with E-state index in [1.807, 2.05) is 0 Å². The Morgan fingerprint density at radius 1 is 1.17 bits per heavy atom. The van der Waals surface area contributed by atoms with Crippen LogP contribution in [0.4, 0.5) is 0 Å². The highest BCUT2D eigenvalue weighted by Gasteiger charge is 2.27. The van der Waals surface area contributed by atoms with Crippen LogP contribution >= 0.6 is 7.82 Å². The summed E-state index contributed by atoms with van der Waals surface area (Å²) in [5.74, 6) is -0.476. The fourth-order valence-corrected chi connectivity index (χ4v) is 2.36. The van der Waals surface area contributed by atoms with Gasteiger partial charge in [-0.15, -0.1) is 0 Å². The van der Waals surface area contributed by atoms with Gasteiger partial charge in [0.2, 0.25) is 0 Å². The van der Waals surface area contributed by atoms with E-state index in [0.29, 0.717) is 6.61 Å². The average Bonchev–Trinajstić information content (AvgIpc) is 2.27. The maximum atomic E-state index is 12.0. The van der Waals surface area contributed by atoms with Crippen LogP contribution < -0.4 is 0 Å². The normalized spacial score (nSPS) is 13.8. The van der Waals surface area contributed by atoms with Gasteiger partial charge in [0.25, 0.3) is 0 Å². The van der Waals surface area contributed by atoms with E-state index in [9.17, 15) is 9.36 Å². The number of esters is 1. The third kappa shape index (κ3) is 7.61. The van der Waals surface area contributed by atoms with E-state index in [2.05, 4.69) is 0 Å². The van der Waals surface area contributed by atoms with Crippen molar-refractivity contribution in [2.24, 2.45) is 0 Å². The summed E-state index contributed by atoms with van der Waals surface area (Å²) in [6.45, 7) is 7.44. The first-order valence-corrected chi connectivity index (χ1v) is 7.35. The monoisotopic (exact) mass is 280 g/mol. The lowest BCUT2D eigenvalue weighted by Gasteiger charge is -2.18. The predicted octanol–water partition coefficient (Wildman–Crippen LogP) is 2.69. The molecule has 0 aliphatic heterocycles. The lowest BCUT2D eigenvalue weighted by Crippen LogP contribution is -2.08. The summed E-state index contributed by atoms with van der Waals surface area (Å²) in [4.78, 5) is 11.1. The quantitative estimate of drug-likeness (QED) is 0.367. The molecule has 0 aliphatic rings. The summed E-state index contributed by atoms with van der Waals surface area (Å²) in [7, 11) is -3.55. The number of phosphoric ester groups is 1. The van der Waals surface area contributed by atoms with Crippen LogP contribution in [0.1, 0.15) is 27.7 Å². The Labute approximate surface area is 108 Å². The predicted molar refractivity (Wildman–Crippen MR) is 67.2 cm³/mol. The first kappa shape index (κ1) is 17.3. The third-order valence-electron chi connectivity index (χ3n) is 1.66. The van der Waals surface area contributed by atoms with E-state index in [1.54, 1.807) is 27.7 Å². The molecule has 0 saturated heterocycles. The number of hydrogen-bond acceptors (Lipinski definition) is 6.